The number of allylic oxidation sites excluding steroid dienone is 4. The normalized spacial score (nSPS) is 40.9. The summed E-state index contributed by atoms with van der Waals surface area (Å²) in [5, 5.41) is 10.2. The van der Waals surface area contributed by atoms with Gasteiger partial charge in [0.2, 0.25) is 0 Å². The summed E-state index contributed by atoms with van der Waals surface area (Å²) in [4.78, 5) is 0. The largest absolute Gasteiger partial charge is 0.393 e. The van der Waals surface area contributed by atoms with Crippen LogP contribution in [0.25, 0.3) is 0 Å². The van der Waals surface area contributed by atoms with Crippen LogP contribution in [0.1, 0.15) is 119 Å². The molecule has 0 bridgehead atoms. The fraction of sp³-hybridized carbons (Fsp3) is 0.857. The topological polar surface area (TPSA) is 20.2 Å². The van der Waals surface area contributed by atoms with Crippen molar-refractivity contribution < 1.29 is 5.11 Å². The van der Waals surface area contributed by atoms with E-state index in [1.54, 1.807) is 0 Å². The number of aliphatic hydroxyl groups excluding tert-OH is 1. The number of hydrogen-bond donors (Lipinski definition) is 1. The quantitative estimate of drug-likeness (QED) is 0.372. The molecule has 4 aliphatic carbocycles. The number of fused-ring (bicyclic) bond motifs is 4. The Hall–Kier alpha value is -0.560. The Bertz CT molecular complexity index is 624. The van der Waals surface area contributed by atoms with E-state index in [1.165, 1.54) is 69.8 Å². The van der Waals surface area contributed by atoms with Crippen molar-refractivity contribution >= 4 is 0 Å². The molecule has 29 heavy (non-hydrogen) atoms. The van der Waals surface area contributed by atoms with Crippen LogP contribution in [0.2, 0.25) is 0 Å². The van der Waals surface area contributed by atoms with E-state index in [2.05, 4.69) is 33.8 Å². The van der Waals surface area contributed by atoms with Crippen LogP contribution in [0.15, 0.2) is 22.8 Å². The minimum atomic E-state index is -0.0317. The molecule has 166 valence electrons. The van der Waals surface area contributed by atoms with Gasteiger partial charge < -0.3 is 5.11 Å². The molecule has 4 rings (SSSR count). The average Bonchev–Trinajstić information content (AvgIpc) is 3.03. The van der Waals surface area contributed by atoms with Crippen LogP contribution in [-0.2, 0) is 0 Å². The lowest BCUT2D eigenvalue weighted by atomic mass is 9.51. The summed E-state index contributed by atoms with van der Waals surface area (Å²) in [7, 11) is 0. The SMILES string of the molecule is CC.CC(C)=CCCCC1CCC2C3=C(CC[C@]12C)[C@@]1(C)CC[C@H](O)CC1CC3. The third kappa shape index (κ3) is 4.28. The Balaban J connectivity index is 0.00000117. The second kappa shape index (κ2) is 9.29. The van der Waals surface area contributed by atoms with Crippen molar-refractivity contribution in [2.24, 2.45) is 28.6 Å². The second-order valence-electron chi connectivity index (χ2n) is 11.1. The Morgan fingerprint density at radius 3 is 2.52 bits per heavy atom. The second-order valence-corrected chi connectivity index (χ2v) is 11.1. The first-order chi connectivity index (χ1) is 13.8. The molecule has 0 saturated heterocycles. The Morgan fingerprint density at radius 2 is 1.79 bits per heavy atom. The van der Waals surface area contributed by atoms with Crippen molar-refractivity contribution in [3.63, 3.8) is 0 Å². The summed E-state index contributed by atoms with van der Waals surface area (Å²) < 4.78 is 0. The summed E-state index contributed by atoms with van der Waals surface area (Å²) in [5.74, 6) is 2.56. The fourth-order valence-corrected chi connectivity index (χ4v) is 7.77. The van der Waals surface area contributed by atoms with Gasteiger partial charge in [-0.3, -0.25) is 0 Å². The van der Waals surface area contributed by atoms with Crippen LogP contribution in [0, 0.1) is 28.6 Å². The lowest BCUT2D eigenvalue weighted by Gasteiger charge is -2.54. The van der Waals surface area contributed by atoms with Gasteiger partial charge in [-0.2, -0.15) is 0 Å². The average molecular weight is 401 g/mol. The highest BCUT2D eigenvalue weighted by Gasteiger charge is 2.54. The Morgan fingerprint density at radius 1 is 1.03 bits per heavy atom. The molecule has 0 radical (unpaired) electrons. The molecule has 6 atom stereocenters. The monoisotopic (exact) mass is 400 g/mol. The zero-order chi connectivity index (χ0) is 21.2. The standard InChI is InChI=1S/C26H42O.C2H6/c1-18(2)7-5-6-8-19-10-12-23-22-11-9-20-17-21(27)13-15-26(20,4)24(22)14-16-25(19,23)3;1-2/h7,19-21,23,27H,5-6,8-17H2,1-4H3;1-2H3/t19?,20?,21-,23?,25+,26-;/m0./s1. The van der Waals surface area contributed by atoms with E-state index in [4.69, 9.17) is 0 Å². The van der Waals surface area contributed by atoms with Gasteiger partial charge in [0.05, 0.1) is 6.10 Å². The summed E-state index contributed by atoms with van der Waals surface area (Å²) in [6.45, 7) is 13.7. The molecule has 1 nitrogen and oxygen atoms in total. The van der Waals surface area contributed by atoms with Crippen molar-refractivity contribution in [3.05, 3.63) is 22.8 Å². The first-order valence-electron chi connectivity index (χ1n) is 12.9. The van der Waals surface area contributed by atoms with Crippen LogP contribution >= 0.6 is 0 Å². The first-order valence-corrected chi connectivity index (χ1v) is 12.9. The van der Waals surface area contributed by atoms with E-state index in [-0.39, 0.29) is 6.10 Å². The zero-order valence-corrected chi connectivity index (χ0v) is 20.3. The fourth-order valence-electron chi connectivity index (χ4n) is 7.77. The van der Waals surface area contributed by atoms with Crippen LogP contribution < -0.4 is 0 Å². The maximum atomic E-state index is 10.2. The van der Waals surface area contributed by atoms with E-state index in [1.807, 2.05) is 25.0 Å². The summed E-state index contributed by atoms with van der Waals surface area (Å²) in [5.41, 5.74) is 6.24. The van der Waals surface area contributed by atoms with Crippen molar-refractivity contribution in [2.45, 2.75) is 125 Å². The summed E-state index contributed by atoms with van der Waals surface area (Å²) in [6.07, 6.45) is 18.2. The molecule has 3 unspecified atom stereocenters. The van der Waals surface area contributed by atoms with Crippen molar-refractivity contribution in [1.29, 1.82) is 0 Å². The molecule has 0 spiro atoms. The molecule has 1 N–H and O–H groups in total. The smallest absolute Gasteiger partial charge is 0.0543 e. The van der Waals surface area contributed by atoms with E-state index in [0.29, 0.717) is 10.8 Å². The van der Waals surface area contributed by atoms with Gasteiger partial charge in [-0.05, 0) is 119 Å². The minimum absolute atomic E-state index is 0.0317. The molecule has 2 fully saturated rings. The number of aliphatic hydroxyl groups is 1. The van der Waals surface area contributed by atoms with Crippen molar-refractivity contribution in [3.8, 4) is 0 Å². The Kier molecular flexibility index (Phi) is 7.40. The van der Waals surface area contributed by atoms with Gasteiger partial charge in [0.1, 0.15) is 0 Å². The van der Waals surface area contributed by atoms with Crippen molar-refractivity contribution in [1.82, 2.24) is 0 Å². The van der Waals surface area contributed by atoms with Gasteiger partial charge >= 0.3 is 0 Å². The van der Waals surface area contributed by atoms with Gasteiger partial charge in [-0.25, -0.2) is 0 Å². The van der Waals surface area contributed by atoms with Crippen LogP contribution in [0.5, 0.6) is 0 Å². The maximum Gasteiger partial charge on any atom is 0.0543 e. The van der Waals surface area contributed by atoms with E-state index in [9.17, 15) is 5.11 Å². The highest BCUT2D eigenvalue weighted by atomic mass is 16.3. The Labute approximate surface area is 181 Å². The van der Waals surface area contributed by atoms with Gasteiger partial charge in [-0.15, -0.1) is 0 Å². The molecule has 0 heterocycles. The molecular weight excluding hydrogens is 352 g/mol. The predicted octanol–water partition coefficient (Wildman–Crippen LogP) is 8.23. The molecule has 0 aliphatic heterocycles. The molecule has 2 saturated carbocycles. The van der Waals surface area contributed by atoms with Crippen LogP contribution in [-0.4, -0.2) is 11.2 Å². The summed E-state index contributed by atoms with van der Waals surface area (Å²) >= 11 is 0. The van der Waals surface area contributed by atoms with Crippen molar-refractivity contribution in [2.75, 3.05) is 0 Å². The molecular formula is C28H48O. The van der Waals surface area contributed by atoms with Crippen LogP contribution in [0.4, 0.5) is 0 Å². The highest BCUT2D eigenvalue weighted by molar-refractivity contribution is 5.34. The third-order valence-electron chi connectivity index (χ3n) is 9.47. The van der Waals surface area contributed by atoms with Gasteiger partial charge in [0, 0.05) is 0 Å². The maximum absolute atomic E-state index is 10.2. The molecule has 0 amide bonds. The number of hydrogen-bond acceptors (Lipinski definition) is 1. The van der Waals surface area contributed by atoms with E-state index in [0.717, 1.165) is 30.6 Å². The lowest BCUT2D eigenvalue weighted by Crippen LogP contribution is -2.45. The first kappa shape index (κ1) is 23.1. The molecule has 4 aliphatic rings. The van der Waals surface area contributed by atoms with E-state index < -0.39 is 0 Å². The lowest BCUT2D eigenvalue weighted by molar-refractivity contribution is 0.0155. The van der Waals surface area contributed by atoms with Gasteiger partial charge in [-0.1, -0.05) is 50.5 Å². The molecule has 0 aromatic heterocycles. The molecule has 0 aromatic carbocycles. The van der Waals surface area contributed by atoms with Gasteiger partial charge in [0.25, 0.3) is 0 Å². The minimum Gasteiger partial charge on any atom is -0.393 e. The number of unbranched alkanes of at least 4 members (excludes halogenated alkanes) is 1. The molecule has 0 aromatic rings. The summed E-state index contributed by atoms with van der Waals surface area (Å²) in [6, 6.07) is 0. The third-order valence-corrected chi connectivity index (χ3v) is 9.47. The predicted molar refractivity (Wildman–Crippen MR) is 126 cm³/mol. The van der Waals surface area contributed by atoms with Crippen LogP contribution in [0.3, 0.4) is 0 Å². The zero-order valence-electron chi connectivity index (χ0n) is 20.3. The van der Waals surface area contributed by atoms with Gasteiger partial charge in [0.15, 0.2) is 0 Å². The molecule has 1 heteroatoms. The van der Waals surface area contributed by atoms with E-state index >= 15 is 0 Å². The highest BCUT2D eigenvalue weighted by Crippen LogP contribution is 2.65. The number of rotatable bonds is 4.